The van der Waals surface area contributed by atoms with Crippen LogP contribution in [0.3, 0.4) is 0 Å². The molecule has 0 saturated carbocycles. The quantitative estimate of drug-likeness (QED) is 0.918. The molecule has 4 nitrogen and oxygen atoms in total. The Labute approximate surface area is 120 Å². The summed E-state index contributed by atoms with van der Waals surface area (Å²) in [4.78, 5) is 11.9. The van der Waals surface area contributed by atoms with Crippen LogP contribution >= 0.6 is 11.8 Å². The summed E-state index contributed by atoms with van der Waals surface area (Å²) in [5.74, 6) is 5.42. The molecule has 5 heteroatoms. The molecule has 1 fully saturated rings. The van der Waals surface area contributed by atoms with Crippen molar-refractivity contribution in [1.82, 2.24) is 9.97 Å². The van der Waals surface area contributed by atoms with Crippen molar-refractivity contribution in [2.45, 2.75) is 39.7 Å². The highest BCUT2D eigenvalue weighted by molar-refractivity contribution is 7.99. The smallest absolute Gasteiger partial charge is 0.137 e. The zero-order valence-electron chi connectivity index (χ0n) is 12.4. The summed E-state index contributed by atoms with van der Waals surface area (Å²) in [6.45, 7) is 7.65. The lowest BCUT2D eigenvalue weighted by molar-refractivity contribution is 0.680. The van der Waals surface area contributed by atoms with Gasteiger partial charge in [0.1, 0.15) is 17.5 Å². The zero-order valence-corrected chi connectivity index (χ0v) is 13.2. The fourth-order valence-electron chi connectivity index (χ4n) is 2.45. The van der Waals surface area contributed by atoms with Gasteiger partial charge in [-0.25, -0.2) is 9.97 Å². The van der Waals surface area contributed by atoms with E-state index in [1.807, 2.05) is 18.8 Å². The van der Waals surface area contributed by atoms with E-state index < -0.39 is 0 Å². The first-order chi connectivity index (χ1) is 9.17. The van der Waals surface area contributed by atoms with Crippen molar-refractivity contribution in [3.05, 3.63) is 11.4 Å². The van der Waals surface area contributed by atoms with Crippen LogP contribution < -0.4 is 10.2 Å². The molecule has 2 heterocycles. The summed E-state index contributed by atoms with van der Waals surface area (Å²) < 4.78 is 0. The van der Waals surface area contributed by atoms with Gasteiger partial charge >= 0.3 is 0 Å². The molecule has 0 aliphatic carbocycles. The van der Waals surface area contributed by atoms with Crippen molar-refractivity contribution in [2.75, 3.05) is 35.3 Å². The van der Waals surface area contributed by atoms with Gasteiger partial charge in [-0.05, 0) is 20.3 Å². The summed E-state index contributed by atoms with van der Waals surface area (Å²) in [5.41, 5.74) is 1.17. The van der Waals surface area contributed by atoms with Crippen molar-refractivity contribution in [1.29, 1.82) is 0 Å². The lowest BCUT2D eigenvalue weighted by Gasteiger charge is -2.35. The van der Waals surface area contributed by atoms with E-state index in [-0.39, 0.29) is 0 Å². The number of anilines is 2. The number of aryl methyl sites for hydroxylation is 1. The standard InChI is InChI=1S/C14H24N4S/c1-5-6-12-16-13(15-4)11(3)14(17-12)18-7-8-19-9-10(18)2/h10H,5-9H2,1-4H3,(H,15,16,17). The Morgan fingerprint density at radius 3 is 2.84 bits per heavy atom. The van der Waals surface area contributed by atoms with Gasteiger partial charge in [-0.15, -0.1) is 0 Å². The largest absolute Gasteiger partial charge is 0.373 e. The van der Waals surface area contributed by atoms with Gasteiger partial charge in [0.15, 0.2) is 0 Å². The first-order valence-corrected chi connectivity index (χ1v) is 8.22. The van der Waals surface area contributed by atoms with E-state index in [0.29, 0.717) is 6.04 Å². The minimum absolute atomic E-state index is 0.548. The number of aromatic nitrogens is 2. The van der Waals surface area contributed by atoms with E-state index in [1.54, 1.807) is 0 Å². The Bertz CT molecular complexity index is 436. The summed E-state index contributed by atoms with van der Waals surface area (Å²) in [6, 6.07) is 0.548. The molecule has 1 aliphatic heterocycles. The molecule has 1 unspecified atom stereocenters. The van der Waals surface area contributed by atoms with E-state index in [1.165, 1.54) is 17.1 Å². The number of thioether (sulfide) groups is 1. The molecule has 0 radical (unpaired) electrons. The van der Waals surface area contributed by atoms with Crippen LogP contribution in [0.4, 0.5) is 11.6 Å². The maximum atomic E-state index is 4.81. The van der Waals surface area contributed by atoms with Crippen molar-refractivity contribution in [3.8, 4) is 0 Å². The van der Waals surface area contributed by atoms with Crippen LogP contribution in [-0.4, -0.2) is 41.1 Å². The molecule has 1 aromatic rings. The van der Waals surface area contributed by atoms with Crippen molar-refractivity contribution < 1.29 is 0 Å². The topological polar surface area (TPSA) is 41.1 Å². The predicted molar refractivity (Wildman–Crippen MR) is 84.4 cm³/mol. The van der Waals surface area contributed by atoms with Gasteiger partial charge in [0, 0.05) is 43.1 Å². The molecule has 1 saturated heterocycles. The maximum absolute atomic E-state index is 4.81. The molecular weight excluding hydrogens is 256 g/mol. The minimum atomic E-state index is 0.548. The summed E-state index contributed by atoms with van der Waals surface area (Å²) >= 11 is 2.03. The molecule has 0 amide bonds. The van der Waals surface area contributed by atoms with Crippen LogP contribution in [0.15, 0.2) is 0 Å². The summed E-state index contributed by atoms with van der Waals surface area (Å²) in [5, 5.41) is 3.21. The molecule has 1 N–H and O–H groups in total. The first kappa shape index (κ1) is 14.4. The molecule has 106 valence electrons. The Hall–Kier alpha value is -0.970. The lowest BCUT2D eigenvalue weighted by atomic mass is 10.2. The third-order valence-corrected chi connectivity index (χ3v) is 4.71. The predicted octanol–water partition coefficient (Wildman–Crippen LogP) is 2.72. The molecule has 1 atom stereocenters. The van der Waals surface area contributed by atoms with Gasteiger partial charge in [0.25, 0.3) is 0 Å². The van der Waals surface area contributed by atoms with Crippen LogP contribution in [0, 0.1) is 6.92 Å². The van der Waals surface area contributed by atoms with Crippen LogP contribution in [0.2, 0.25) is 0 Å². The zero-order chi connectivity index (χ0) is 13.8. The monoisotopic (exact) mass is 280 g/mol. The van der Waals surface area contributed by atoms with Gasteiger partial charge in [-0.2, -0.15) is 11.8 Å². The Morgan fingerprint density at radius 2 is 2.21 bits per heavy atom. The summed E-state index contributed by atoms with van der Waals surface area (Å²) in [7, 11) is 1.93. The molecule has 0 spiro atoms. The fraction of sp³-hybridized carbons (Fsp3) is 0.714. The Kier molecular flexibility index (Phi) is 4.91. The highest BCUT2D eigenvalue weighted by Gasteiger charge is 2.23. The van der Waals surface area contributed by atoms with Crippen LogP contribution in [0.25, 0.3) is 0 Å². The highest BCUT2D eigenvalue weighted by Crippen LogP contribution is 2.28. The van der Waals surface area contributed by atoms with Crippen molar-refractivity contribution in [2.24, 2.45) is 0 Å². The molecular formula is C14H24N4S. The van der Waals surface area contributed by atoms with Gasteiger partial charge < -0.3 is 10.2 Å². The molecule has 0 aromatic carbocycles. The molecule has 2 rings (SSSR count). The van der Waals surface area contributed by atoms with E-state index >= 15 is 0 Å². The lowest BCUT2D eigenvalue weighted by Crippen LogP contribution is -2.41. The van der Waals surface area contributed by atoms with Gasteiger partial charge in [-0.3, -0.25) is 0 Å². The van der Waals surface area contributed by atoms with Crippen molar-refractivity contribution >= 4 is 23.4 Å². The second-order valence-corrected chi connectivity index (χ2v) is 6.20. The number of nitrogens with zero attached hydrogens (tertiary/aromatic N) is 3. The molecule has 19 heavy (non-hydrogen) atoms. The average Bonchev–Trinajstić information content (AvgIpc) is 2.42. The van der Waals surface area contributed by atoms with E-state index in [4.69, 9.17) is 4.98 Å². The Balaban J connectivity index is 2.38. The van der Waals surface area contributed by atoms with Gasteiger partial charge in [-0.1, -0.05) is 6.92 Å². The fourth-order valence-corrected chi connectivity index (χ4v) is 3.46. The number of nitrogens with one attached hydrogen (secondary N) is 1. The number of hydrogen-bond donors (Lipinski definition) is 1. The van der Waals surface area contributed by atoms with E-state index in [2.05, 4.69) is 36.0 Å². The van der Waals surface area contributed by atoms with Crippen LogP contribution in [0.1, 0.15) is 31.7 Å². The second-order valence-electron chi connectivity index (χ2n) is 5.05. The first-order valence-electron chi connectivity index (χ1n) is 7.07. The highest BCUT2D eigenvalue weighted by atomic mass is 32.2. The second kappa shape index (κ2) is 6.46. The van der Waals surface area contributed by atoms with Gasteiger partial charge in [0.2, 0.25) is 0 Å². The molecule has 0 bridgehead atoms. The average molecular weight is 280 g/mol. The number of hydrogen-bond acceptors (Lipinski definition) is 5. The van der Waals surface area contributed by atoms with E-state index in [9.17, 15) is 0 Å². The maximum Gasteiger partial charge on any atom is 0.137 e. The van der Waals surface area contributed by atoms with Gasteiger partial charge in [0.05, 0.1) is 0 Å². The third kappa shape index (κ3) is 3.14. The van der Waals surface area contributed by atoms with Crippen molar-refractivity contribution in [3.63, 3.8) is 0 Å². The normalized spacial score (nSPS) is 19.6. The molecule has 1 aromatic heterocycles. The molecule has 1 aliphatic rings. The Morgan fingerprint density at radius 1 is 1.42 bits per heavy atom. The minimum Gasteiger partial charge on any atom is -0.373 e. The van der Waals surface area contributed by atoms with Crippen LogP contribution in [0.5, 0.6) is 0 Å². The SMILES string of the molecule is CCCc1nc(NC)c(C)c(N2CCSCC2C)n1. The van der Waals surface area contributed by atoms with E-state index in [0.717, 1.165) is 36.8 Å². The van der Waals surface area contributed by atoms with Crippen LogP contribution in [-0.2, 0) is 6.42 Å². The number of rotatable bonds is 4. The summed E-state index contributed by atoms with van der Waals surface area (Å²) in [6.07, 6.45) is 2.02. The third-order valence-electron chi connectivity index (χ3n) is 3.52.